The molecule has 4 nitrogen and oxygen atoms in total. The number of ether oxygens (including phenoxy) is 2. The van der Waals surface area contributed by atoms with Crippen LogP contribution in [0.1, 0.15) is 56.7 Å². The summed E-state index contributed by atoms with van der Waals surface area (Å²) in [6.45, 7) is 4.34. The van der Waals surface area contributed by atoms with Crippen molar-refractivity contribution in [2.75, 3.05) is 14.2 Å². The van der Waals surface area contributed by atoms with Crippen LogP contribution in [0, 0.1) is 11.3 Å². The molecule has 1 aromatic heterocycles. The van der Waals surface area contributed by atoms with Gasteiger partial charge in [0.05, 0.1) is 31.0 Å². The first-order chi connectivity index (χ1) is 11.1. The first-order valence-electron chi connectivity index (χ1n) is 8.11. The van der Waals surface area contributed by atoms with Gasteiger partial charge in [-0.1, -0.05) is 33.1 Å². The number of fused-ring (bicyclic) bond motifs is 1. The van der Waals surface area contributed by atoms with E-state index in [1.165, 1.54) is 12.8 Å². The molecule has 0 aliphatic rings. The SMILES string of the molecule is CCCCCC(C)c1nc2cc(OC)c(OC)cc2cc1C#N. The quantitative estimate of drug-likeness (QED) is 0.689. The van der Waals surface area contributed by atoms with Gasteiger partial charge in [-0.05, 0) is 24.5 Å². The van der Waals surface area contributed by atoms with Crippen LogP contribution in [0.15, 0.2) is 18.2 Å². The molecular weight excluding hydrogens is 288 g/mol. The predicted molar refractivity (Wildman–Crippen MR) is 92.1 cm³/mol. The monoisotopic (exact) mass is 312 g/mol. The van der Waals surface area contributed by atoms with E-state index in [0.717, 1.165) is 29.4 Å². The lowest BCUT2D eigenvalue weighted by atomic mass is 9.95. The Bertz CT molecular complexity index is 719. The van der Waals surface area contributed by atoms with Crippen molar-refractivity contribution in [2.24, 2.45) is 0 Å². The maximum absolute atomic E-state index is 9.48. The molecular formula is C19H24N2O2. The summed E-state index contributed by atoms with van der Waals surface area (Å²) in [5.74, 6) is 1.57. The standard InChI is InChI=1S/C19H24N2O2/c1-5-6-7-8-13(2)19-15(12-20)9-14-10-17(22-3)18(23-4)11-16(14)21-19/h9-11,13H,5-8H2,1-4H3. The van der Waals surface area contributed by atoms with E-state index in [-0.39, 0.29) is 5.92 Å². The van der Waals surface area contributed by atoms with Crippen molar-refractivity contribution in [3.8, 4) is 17.6 Å². The van der Waals surface area contributed by atoms with Crippen molar-refractivity contribution in [2.45, 2.75) is 45.4 Å². The molecule has 0 amide bonds. The summed E-state index contributed by atoms with van der Waals surface area (Å²) in [6.07, 6.45) is 4.62. The molecule has 0 N–H and O–H groups in total. The van der Waals surface area contributed by atoms with Crippen molar-refractivity contribution >= 4 is 10.9 Å². The highest BCUT2D eigenvalue weighted by atomic mass is 16.5. The fourth-order valence-electron chi connectivity index (χ4n) is 2.82. The number of rotatable bonds is 7. The van der Waals surface area contributed by atoms with Gasteiger partial charge in [-0.15, -0.1) is 0 Å². The van der Waals surface area contributed by atoms with E-state index < -0.39 is 0 Å². The highest BCUT2D eigenvalue weighted by Crippen LogP contribution is 2.33. The number of benzene rings is 1. The van der Waals surface area contributed by atoms with Gasteiger partial charge in [0.2, 0.25) is 0 Å². The van der Waals surface area contributed by atoms with Gasteiger partial charge < -0.3 is 9.47 Å². The van der Waals surface area contributed by atoms with Crippen molar-refractivity contribution in [1.29, 1.82) is 5.26 Å². The summed E-state index contributed by atoms with van der Waals surface area (Å²) in [5.41, 5.74) is 2.36. The summed E-state index contributed by atoms with van der Waals surface area (Å²) < 4.78 is 10.7. The summed E-state index contributed by atoms with van der Waals surface area (Å²) in [6, 6.07) is 7.93. The van der Waals surface area contributed by atoms with E-state index in [1.54, 1.807) is 14.2 Å². The maximum atomic E-state index is 9.48. The number of methoxy groups -OCH3 is 2. The minimum absolute atomic E-state index is 0.272. The molecule has 0 spiro atoms. The molecule has 0 radical (unpaired) electrons. The smallest absolute Gasteiger partial charge is 0.162 e. The van der Waals surface area contributed by atoms with E-state index in [2.05, 4.69) is 19.9 Å². The van der Waals surface area contributed by atoms with Crippen LogP contribution in [0.5, 0.6) is 11.5 Å². The van der Waals surface area contributed by atoms with Gasteiger partial charge in [0, 0.05) is 11.5 Å². The molecule has 0 fully saturated rings. The third kappa shape index (κ3) is 3.73. The largest absolute Gasteiger partial charge is 0.493 e. The summed E-state index contributed by atoms with van der Waals surface area (Å²) in [7, 11) is 3.22. The van der Waals surface area contributed by atoms with Crippen molar-refractivity contribution in [3.63, 3.8) is 0 Å². The molecule has 0 saturated heterocycles. The van der Waals surface area contributed by atoms with Gasteiger partial charge in [-0.2, -0.15) is 5.26 Å². The Morgan fingerprint density at radius 2 is 1.83 bits per heavy atom. The molecule has 122 valence electrons. The number of hydrogen-bond acceptors (Lipinski definition) is 4. The van der Waals surface area contributed by atoms with Crippen LogP contribution in [0.3, 0.4) is 0 Å². The number of nitrogens with zero attached hydrogens (tertiary/aromatic N) is 2. The zero-order valence-electron chi connectivity index (χ0n) is 14.3. The van der Waals surface area contributed by atoms with Crippen molar-refractivity contribution < 1.29 is 9.47 Å². The summed E-state index contributed by atoms with van der Waals surface area (Å²) in [4.78, 5) is 4.75. The average Bonchev–Trinajstić information content (AvgIpc) is 2.59. The minimum Gasteiger partial charge on any atom is -0.493 e. The van der Waals surface area contributed by atoms with E-state index in [4.69, 9.17) is 14.5 Å². The van der Waals surface area contributed by atoms with Gasteiger partial charge >= 0.3 is 0 Å². The van der Waals surface area contributed by atoms with Gasteiger partial charge in [0.25, 0.3) is 0 Å². The van der Waals surface area contributed by atoms with Crippen LogP contribution in [0.25, 0.3) is 10.9 Å². The van der Waals surface area contributed by atoms with Gasteiger partial charge in [-0.3, -0.25) is 4.98 Å². The fourth-order valence-corrected chi connectivity index (χ4v) is 2.82. The first-order valence-corrected chi connectivity index (χ1v) is 8.11. The van der Waals surface area contributed by atoms with Crippen LogP contribution in [-0.4, -0.2) is 19.2 Å². The van der Waals surface area contributed by atoms with E-state index in [1.807, 2.05) is 18.2 Å². The zero-order chi connectivity index (χ0) is 16.8. The molecule has 1 atom stereocenters. The van der Waals surface area contributed by atoms with Crippen molar-refractivity contribution in [3.05, 3.63) is 29.5 Å². The topological polar surface area (TPSA) is 55.1 Å². The second-order valence-corrected chi connectivity index (χ2v) is 5.83. The highest BCUT2D eigenvalue weighted by Gasteiger charge is 2.15. The van der Waals surface area contributed by atoms with Crippen molar-refractivity contribution in [1.82, 2.24) is 4.98 Å². The van der Waals surface area contributed by atoms with Crippen LogP contribution >= 0.6 is 0 Å². The lowest BCUT2D eigenvalue weighted by molar-refractivity contribution is 0.356. The normalized spacial score (nSPS) is 12.0. The third-order valence-electron chi connectivity index (χ3n) is 4.18. The Balaban J connectivity index is 2.47. The lowest BCUT2D eigenvalue weighted by Crippen LogP contribution is -2.02. The predicted octanol–water partition coefficient (Wildman–Crippen LogP) is 4.81. The highest BCUT2D eigenvalue weighted by molar-refractivity contribution is 5.84. The molecule has 0 aliphatic heterocycles. The number of aromatic nitrogens is 1. The Morgan fingerprint density at radius 1 is 1.13 bits per heavy atom. The fraction of sp³-hybridized carbons (Fsp3) is 0.474. The number of nitriles is 1. The van der Waals surface area contributed by atoms with Crippen LogP contribution < -0.4 is 9.47 Å². The molecule has 4 heteroatoms. The molecule has 23 heavy (non-hydrogen) atoms. The molecule has 0 saturated carbocycles. The van der Waals surface area contributed by atoms with Gasteiger partial charge in [0.15, 0.2) is 11.5 Å². The average molecular weight is 312 g/mol. The minimum atomic E-state index is 0.272. The lowest BCUT2D eigenvalue weighted by Gasteiger charge is -2.15. The Labute approximate surface area is 138 Å². The zero-order valence-corrected chi connectivity index (χ0v) is 14.3. The number of hydrogen-bond donors (Lipinski definition) is 0. The molecule has 1 unspecified atom stereocenters. The van der Waals surface area contributed by atoms with Gasteiger partial charge in [0.1, 0.15) is 6.07 Å². The Kier molecular flexibility index (Phi) is 5.81. The van der Waals surface area contributed by atoms with E-state index in [0.29, 0.717) is 17.1 Å². The molecule has 2 aromatic rings. The Morgan fingerprint density at radius 3 is 2.43 bits per heavy atom. The molecule has 0 aliphatic carbocycles. The summed E-state index contributed by atoms with van der Waals surface area (Å²) in [5, 5.41) is 10.4. The molecule has 0 bridgehead atoms. The van der Waals surface area contributed by atoms with E-state index in [9.17, 15) is 5.26 Å². The number of pyridine rings is 1. The second kappa shape index (κ2) is 7.82. The maximum Gasteiger partial charge on any atom is 0.162 e. The molecule has 1 heterocycles. The third-order valence-corrected chi connectivity index (χ3v) is 4.18. The van der Waals surface area contributed by atoms with E-state index >= 15 is 0 Å². The summed E-state index contributed by atoms with van der Waals surface area (Å²) >= 11 is 0. The second-order valence-electron chi connectivity index (χ2n) is 5.83. The molecule has 2 rings (SSSR count). The van der Waals surface area contributed by atoms with Gasteiger partial charge in [-0.25, -0.2) is 0 Å². The van der Waals surface area contributed by atoms with Crippen LogP contribution in [-0.2, 0) is 0 Å². The van der Waals surface area contributed by atoms with Crippen LogP contribution in [0.4, 0.5) is 0 Å². The molecule has 1 aromatic carbocycles. The first kappa shape index (κ1) is 17.1. The Hall–Kier alpha value is -2.28. The number of unbranched alkanes of at least 4 members (excludes halogenated alkanes) is 2. The van der Waals surface area contributed by atoms with Crippen LogP contribution in [0.2, 0.25) is 0 Å².